The molecule has 0 saturated heterocycles. The van der Waals surface area contributed by atoms with Gasteiger partial charge in [0.1, 0.15) is 6.04 Å². The fourth-order valence-corrected chi connectivity index (χ4v) is 3.97. The van der Waals surface area contributed by atoms with Crippen LogP contribution in [0.4, 0.5) is 0 Å². The summed E-state index contributed by atoms with van der Waals surface area (Å²) in [5.41, 5.74) is 0. The third-order valence-electron chi connectivity index (χ3n) is 1.99. The van der Waals surface area contributed by atoms with E-state index in [1.54, 1.807) is 13.8 Å². The zero-order valence-electron chi connectivity index (χ0n) is 9.14. The molecule has 1 heterocycles. The molecular weight excluding hydrogens is 250 g/mol. The topological polar surface area (TPSA) is 83.5 Å². The first-order valence-electron chi connectivity index (χ1n) is 4.56. The SMILES string of the molecule is Cc1cc(S(=O)(=O)N[C@H](C)C(=O)O)c(C)s1. The fraction of sp³-hybridized carbons (Fsp3) is 0.444. The number of rotatable bonds is 4. The molecule has 0 amide bonds. The summed E-state index contributed by atoms with van der Waals surface area (Å²) in [6.07, 6.45) is 0. The van der Waals surface area contributed by atoms with Crippen molar-refractivity contribution in [2.45, 2.75) is 31.7 Å². The first-order chi connectivity index (χ1) is 7.24. The summed E-state index contributed by atoms with van der Waals surface area (Å²) >= 11 is 1.36. The Hall–Kier alpha value is -0.920. The summed E-state index contributed by atoms with van der Waals surface area (Å²) in [5.74, 6) is -1.20. The molecule has 0 aromatic carbocycles. The van der Waals surface area contributed by atoms with Gasteiger partial charge in [0.25, 0.3) is 0 Å². The number of nitrogens with one attached hydrogen (secondary N) is 1. The molecular formula is C9H13NO4S2. The first kappa shape index (κ1) is 13.1. The molecule has 0 unspecified atom stereocenters. The van der Waals surface area contributed by atoms with E-state index in [-0.39, 0.29) is 4.90 Å². The van der Waals surface area contributed by atoms with Crippen molar-refractivity contribution in [2.24, 2.45) is 0 Å². The number of sulfonamides is 1. The summed E-state index contributed by atoms with van der Waals surface area (Å²) in [4.78, 5) is 12.3. The second kappa shape index (κ2) is 4.52. The van der Waals surface area contributed by atoms with Crippen LogP contribution in [-0.4, -0.2) is 25.5 Å². The lowest BCUT2D eigenvalue weighted by molar-refractivity contribution is -0.138. The Morgan fingerprint density at radius 1 is 1.50 bits per heavy atom. The van der Waals surface area contributed by atoms with Crippen LogP contribution in [0.15, 0.2) is 11.0 Å². The predicted molar refractivity (Wildman–Crippen MR) is 61.2 cm³/mol. The molecule has 2 N–H and O–H groups in total. The maximum absolute atomic E-state index is 11.8. The number of carbonyl (C=O) groups is 1. The van der Waals surface area contributed by atoms with Gasteiger partial charge in [0, 0.05) is 9.75 Å². The highest BCUT2D eigenvalue weighted by atomic mass is 32.2. The zero-order valence-corrected chi connectivity index (χ0v) is 10.8. The standard InChI is InChI=1S/C9H13NO4S2/c1-5-4-8(7(3)15-5)16(13,14)10-6(2)9(11)12/h4,6,10H,1-3H3,(H,11,12)/t6-/m1/s1. The Balaban J connectivity index is 3.03. The van der Waals surface area contributed by atoms with E-state index in [1.807, 2.05) is 0 Å². The lowest BCUT2D eigenvalue weighted by atomic mass is 10.4. The summed E-state index contributed by atoms with van der Waals surface area (Å²) in [5, 5.41) is 8.64. The molecule has 1 rings (SSSR count). The van der Waals surface area contributed by atoms with E-state index < -0.39 is 22.0 Å². The van der Waals surface area contributed by atoms with Crippen molar-refractivity contribution in [2.75, 3.05) is 0 Å². The van der Waals surface area contributed by atoms with Crippen LogP contribution in [0.5, 0.6) is 0 Å². The van der Waals surface area contributed by atoms with Crippen LogP contribution in [-0.2, 0) is 14.8 Å². The molecule has 16 heavy (non-hydrogen) atoms. The maximum atomic E-state index is 11.8. The van der Waals surface area contributed by atoms with E-state index in [9.17, 15) is 13.2 Å². The quantitative estimate of drug-likeness (QED) is 0.852. The van der Waals surface area contributed by atoms with Crippen molar-refractivity contribution in [3.8, 4) is 0 Å². The van der Waals surface area contributed by atoms with Gasteiger partial charge >= 0.3 is 5.97 Å². The molecule has 0 aliphatic heterocycles. The van der Waals surface area contributed by atoms with Gasteiger partial charge in [0.15, 0.2) is 0 Å². The van der Waals surface area contributed by atoms with Crippen LogP contribution >= 0.6 is 11.3 Å². The molecule has 90 valence electrons. The number of aryl methyl sites for hydroxylation is 2. The molecule has 0 radical (unpaired) electrons. The molecule has 7 heteroatoms. The Kier molecular flexibility index (Phi) is 3.72. The minimum Gasteiger partial charge on any atom is -0.480 e. The van der Waals surface area contributed by atoms with Crippen LogP contribution in [0.2, 0.25) is 0 Å². The Morgan fingerprint density at radius 2 is 2.06 bits per heavy atom. The molecule has 5 nitrogen and oxygen atoms in total. The van der Waals surface area contributed by atoms with Gasteiger partial charge in [-0.2, -0.15) is 4.72 Å². The van der Waals surface area contributed by atoms with E-state index in [4.69, 9.17) is 5.11 Å². The largest absolute Gasteiger partial charge is 0.480 e. The third kappa shape index (κ3) is 2.81. The molecule has 0 aliphatic rings. The number of carboxylic acid groups (broad SMARTS) is 1. The second-order valence-corrected chi connectivity index (χ2v) is 6.60. The third-order valence-corrected chi connectivity index (χ3v) is 4.75. The zero-order chi connectivity index (χ0) is 12.5. The molecule has 0 saturated carbocycles. The summed E-state index contributed by atoms with van der Waals surface area (Å²) in [6, 6.07) is 0.404. The Bertz CT molecular complexity index is 504. The average Bonchev–Trinajstić information content (AvgIpc) is 2.45. The second-order valence-electron chi connectivity index (χ2n) is 3.46. The minimum atomic E-state index is -3.73. The highest BCUT2D eigenvalue weighted by Gasteiger charge is 2.24. The maximum Gasteiger partial charge on any atom is 0.321 e. The molecule has 0 spiro atoms. The minimum absolute atomic E-state index is 0.156. The predicted octanol–water partition coefficient (Wildman–Crippen LogP) is 1.12. The normalized spacial score (nSPS) is 13.7. The highest BCUT2D eigenvalue weighted by Crippen LogP contribution is 2.24. The van der Waals surface area contributed by atoms with Crippen molar-refractivity contribution in [1.82, 2.24) is 4.72 Å². The van der Waals surface area contributed by atoms with Gasteiger partial charge in [-0.1, -0.05) is 0 Å². The van der Waals surface area contributed by atoms with E-state index in [0.717, 1.165) is 4.88 Å². The molecule has 0 bridgehead atoms. The first-order valence-corrected chi connectivity index (χ1v) is 6.86. The van der Waals surface area contributed by atoms with Crippen LogP contribution < -0.4 is 4.72 Å². The van der Waals surface area contributed by atoms with Gasteiger partial charge in [0.05, 0.1) is 4.90 Å². The van der Waals surface area contributed by atoms with Crippen LogP contribution in [0, 0.1) is 13.8 Å². The number of aliphatic carboxylic acids is 1. The van der Waals surface area contributed by atoms with Crippen molar-refractivity contribution >= 4 is 27.3 Å². The van der Waals surface area contributed by atoms with Crippen molar-refractivity contribution in [3.05, 3.63) is 15.8 Å². The Labute approximate surface area is 98.2 Å². The molecule has 0 fully saturated rings. The van der Waals surface area contributed by atoms with E-state index in [1.165, 1.54) is 24.3 Å². The van der Waals surface area contributed by atoms with E-state index in [2.05, 4.69) is 4.72 Å². The van der Waals surface area contributed by atoms with Gasteiger partial charge in [-0.3, -0.25) is 4.79 Å². The van der Waals surface area contributed by atoms with Gasteiger partial charge in [-0.25, -0.2) is 8.42 Å². The van der Waals surface area contributed by atoms with Gasteiger partial charge in [-0.05, 0) is 26.8 Å². The Morgan fingerprint density at radius 3 is 2.44 bits per heavy atom. The fourth-order valence-electron chi connectivity index (χ4n) is 1.22. The van der Waals surface area contributed by atoms with Crippen molar-refractivity contribution in [3.63, 3.8) is 0 Å². The van der Waals surface area contributed by atoms with Crippen molar-refractivity contribution in [1.29, 1.82) is 0 Å². The molecule has 1 aromatic rings. The lowest BCUT2D eigenvalue weighted by Crippen LogP contribution is -2.38. The van der Waals surface area contributed by atoms with Gasteiger partial charge in [-0.15, -0.1) is 11.3 Å². The molecule has 1 atom stereocenters. The van der Waals surface area contributed by atoms with Gasteiger partial charge < -0.3 is 5.11 Å². The number of carboxylic acids is 1. The van der Waals surface area contributed by atoms with Gasteiger partial charge in [0.2, 0.25) is 10.0 Å². The number of hydrogen-bond acceptors (Lipinski definition) is 4. The molecule has 0 aliphatic carbocycles. The lowest BCUT2D eigenvalue weighted by Gasteiger charge is -2.09. The summed E-state index contributed by atoms with van der Waals surface area (Å²) < 4.78 is 25.7. The summed E-state index contributed by atoms with van der Waals surface area (Å²) in [6.45, 7) is 4.78. The van der Waals surface area contributed by atoms with E-state index >= 15 is 0 Å². The summed E-state index contributed by atoms with van der Waals surface area (Å²) in [7, 11) is -3.73. The van der Waals surface area contributed by atoms with Crippen molar-refractivity contribution < 1.29 is 18.3 Å². The highest BCUT2D eigenvalue weighted by molar-refractivity contribution is 7.89. The van der Waals surface area contributed by atoms with Crippen LogP contribution in [0.3, 0.4) is 0 Å². The van der Waals surface area contributed by atoms with Crippen LogP contribution in [0.1, 0.15) is 16.7 Å². The number of hydrogen-bond donors (Lipinski definition) is 2. The molecule has 1 aromatic heterocycles. The monoisotopic (exact) mass is 263 g/mol. The van der Waals surface area contributed by atoms with E-state index in [0.29, 0.717) is 4.88 Å². The number of thiophene rings is 1. The van der Waals surface area contributed by atoms with Crippen LogP contribution in [0.25, 0.3) is 0 Å². The average molecular weight is 263 g/mol. The smallest absolute Gasteiger partial charge is 0.321 e.